The fraction of sp³-hybridized carbons (Fsp3) is 0.926. The van der Waals surface area contributed by atoms with Crippen molar-refractivity contribution in [2.24, 2.45) is 34.5 Å². The molecule has 7 atom stereocenters. The van der Waals surface area contributed by atoms with Crippen molar-refractivity contribution in [2.75, 3.05) is 0 Å². The maximum absolute atomic E-state index is 7.19. The second kappa shape index (κ2) is 6.87. The maximum Gasteiger partial charge on any atom is 0.194 e. The van der Waals surface area contributed by atoms with E-state index in [1.54, 1.807) is 0 Å². The van der Waals surface area contributed by atoms with Crippen LogP contribution in [-0.4, -0.2) is 13.9 Å². The summed E-state index contributed by atoms with van der Waals surface area (Å²) in [5.41, 5.74) is 0.427. The monoisotopic (exact) mass is 414 g/mol. The fourth-order valence-corrected chi connectivity index (χ4v) is 9.89. The molecule has 0 radical (unpaired) electrons. The molecule has 0 amide bonds. The first-order valence-corrected chi connectivity index (χ1v) is 15.5. The molecular weight excluding hydrogens is 368 g/mol. The maximum atomic E-state index is 7.19. The summed E-state index contributed by atoms with van der Waals surface area (Å²) in [5.74, 6) is 6.89. The minimum atomic E-state index is -1.92. The zero-order valence-electron chi connectivity index (χ0n) is 20.4. The SMILES string of the molecule is C#CC1(O[Si](C)(C)C(C)(C)C)CC[C@H]2[C@@H]3CCC4CCCC[C@]4(C)[C@@H]3CC[C@@]21C. The fourth-order valence-electron chi connectivity index (χ4n) is 8.32. The molecule has 0 aromatic carbocycles. The van der Waals surface area contributed by atoms with Crippen LogP contribution in [0.4, 0.5) is 0 Å². The van der Waals surface area contributed by atoms with E-state index in [-0.39, 0.29) is 16.1 Å². The Morgan fingerprint density at radius 1 is 0.897 bits per heavy atom. The highest BCUT2D eigenvalue weighted by molar-refractivity contribution is 6.74. The van der Waals surface area contributed by atoms with Crippen LogP contribution in [0.2, 0.25) is 18.1 Å². The third-order valence-corrected chi connectivity index (χ3v) is 15.6. The molecule has 0 saturated heterocycles. The van der Waals surface area contributed by atoms with Gasteiger partial charge in [-0.25, -0.2) is 0 Å². The van der Waals surface area contributed by atoms with Crippen LogP contribution in [0.15, 0.2) is 0 Å². The number of terminal acetylenes is 1. The van der Waals surface area contributed by atoms with E-state index in [0.717, 1.165) is 30.1 Å². The van der Waals surface area contributed by atoms with Gasteiger partial charge in [0.05, 0.1) is 0 Å². The van der Waals surface area contributed by atoms with Crippen molar-refractivity contribution in [2.45, 2.75) is 123 Å². The van der Waals surface area contributed by atoms with Crippen LogP contribution >= 0.6 is 0 Å². The first kappa shape index (κ1) is 21.9. The average molecular weight is 415 g/mol. The molecule has 2 unspecified atom stereocenters. The summed E-state index contributed by atoms with van der Waals surface area (Å²) in [6, 6.07) is 0. The van der Waals surface area contributed by atoms with Gasteiger partial charge >= 0.3 is 0 Å². The van der Waals surface area contributed by atoms with Crippen LogP contribution in [0.3, 0.4) is 0 Å². The van der Waals surface area contributed by atoms with Gasteiger partial charge in [0.2, 0.25) is 0 Å². The molecule has 2 heteroatoms. The first-order valence-electron chi connectivity index (χ1n) is 12.6. The highest BCUT2D eigenvalue weighted by Crippen LogP contribution is 2.69. The molecule has 0 aromatic heterocycles. The molecule has 0 bridgehead atoms. The van der Waals surface area contributed by atoms with Crippen molar-refractivity contribution in [1.82, 2.24) is 0 Å². The van der Waals surface area contributed by atoms with Crippen molar-refractivity contribution < 1.29 is 4.43 Å². The third kappa shape index (κ3) is 3.04. The number of hydrogen-bond acceptors (Lipinski definition) is 1. The Balaban J connectivity index is 1.65. The Morgan fingerprint density at radius 3 is 2.24 bits per heavy atom. The van der Waals surface area contributed by atoms with Crippen molar-refractivity contribution in [3.63, 3.8) is 0 Å². The highest BCUT2D eigenvalue weighted by atomic mass is 28.4. The minimum absolute atomic E-state index is 0.163. The Labute approximate surface area is 182 Å². The van der Waals surface area contributed by atoms with Crippen molar-refractivity contribution in [3.05, 3.63) is 0 Å². The quantitative estimate of drug-likeness (QED) is 0.330. The Bertz CT molecular complexity index is 684. The standard InChI is InChI=1S/C27H46OSi/c1-9-27(28-29(7,8)24(2,3)4)19-16-23-21-14-13-20-12-10-11-17-25(20,5)22(21)15-18-26(23,27)6/h1,20-23H,10-19H2,2-8H3/t20?,21-,22-,23+,25+,26+,27?/m1/s1. The molecule has 4 fully saturated rings. The highest BCUT2D eigenvalue weighted by Gasteiger charge is 2.66. The van der Waals surface area contributed by atoms with Crippen molar-refractivity contribution in [3.8, 4) is 12.3 Å². The van der Waals surface area contributed by atoms with Gasteiger partial charge in [-0.05, 0) is 98.6 Å². The smallest absolute Gasteiger partial charge is 0.194 e. The van der Waals surface area contributed by atoms with Crippen LogP contribution in [0.5, 0.6) is 0 Å². The lowest BCUT2D eigenvalue weighted by Crippen LogP contribution is -2.59. The molecule has 4 aliphatic carbocycles. The minimum Gasteiger partial charge on any atom is -0.400 e. The molecule has 29 heavy (non-hydrogen) atoms. The zero-order chi connectivity index (χ0) is 21.3. The van der Waals surface area contributed by atoms with Crippen molar-refractivity contribution >= 4 is 8.32 Å². The molecule has 0 aromatic rings. The van der Waals surface area contributed by atoms with Gasteiger partial charge in [0.15, 0.2) is 8.32 Å². The van der Waals surface area contributed by atoms with E-state index in [9.17, 15) is 0 Å². The average Bonchev–Trinajstić information content (AvgIpc) is 2.92. The summed E-state index contributed by atoms with van der Waals surface area (Å²) < 4.78 is 7.19. The van der Waals surface area contributed by atoms with Gasteiger partial charge in [-0.1, -0.05) is 53.4 Å². The lowest BCUT2D eigenvalue weighted by Gasteiger charge is -2.61. The molecule has 4 rings (SSSR count). The first-order chi connectivity index (χ1) is 13.4. The molecule has 4 saturated carbocycles. The number of fused-ring (bicyclic) bond motifs is 5. The van der Waals surface area contributed by atoms with E-state index in [1.165, 1.54) is 57.8 Å². The molecule has 4 aliphatic rings. The molecule has 0 aliphatic heterocycles. The predicted octanol–water partition coefficient (Wildman–Crippen LogP) is 7.81. The van der Waals surface area contributed by atoms with Crippen LogP contribution in [0, 0.1) is 46.8 Å². The summed E-state index contributed by atoms with van der Waals surface area (Å²) in [6.45, 7) is 17.0. The van der Waals surface area contributed by atoms with Gasteiger partial charge < -0.3 is 4.43 Å². The summed E-state index contributed by atoms with van der Waals surface area (Å²) in [5, 5.41) is 0.204. The third-order valence-electron chi connectivity index (χ3n) is 11.2. The molecule has 1 nitrogen and oxygen atoms in total. The van der Waals surface area contributed by atoms with Gasteiger partial charge in [-0.3, -0.25) is 0 Å². The lowest BCUT2D eigenvalue weighted by atomic mass is 9.44. The number of hydrogen-bond donors (Lipinski definition) is 0. The predicted molar refractivity (Wildman–Crippen MR) is 126 cm³/mol. The van der Waals surface area contributed by atoms with E-state index in [0.29, 0.717) is 5.41 Å². The van der Waals surface area contributed by atoms with E-state index < -0.39 is 8.32 Å². The normalized spacial score (nSPS) is 47.7. The zero-order valence-corrected chi connectivity index (χ0v) is 21.4. The Hall–Kier alpha value is -0.263. The van der Waals surface area contributed by atoms with Gasteiger partial charge in [0.1, 0.15) is 5.60 Å². The van der Waals surface area contributed by atoms with E-state index in [1.807, 2.05) is 0 Å². The Morgan fingerprint density at radius 2 is 1.59 bits per heavy atom. The van der Waals surface area contributed by atoms with Gasteiger partial charge in [-0.15, -0.1) is 6.42 Å². The summed E-state index contributed by atoms with van der Waals surface area (Å²) in [4.78, 5) is 0. The molecular formula is C27H46OSi. The van der Waals surface area contributed by atoms with Crippen LogP contribution in [0.1, 0.15) is 98.8 Å². The summed E-state index contributed by atoms with van der Waals surface area (Å²) >= 11 is 0. The molecule has 0 spiro atoms. The van der Waals surface area contributed by atoms with Crippen molar-refractivity contribution in [1.29, 1.82) is 0 Å². The molecule has 0 N–H and O–H groups in total. The van der Waals surface area contributed by atoms with Gasteiger partial charge in [0, 0.05) is 5.41 Å². The van der Waals surface area contributed by atoms with Crippen LogP contribution in [-0.2, 0) is 4.43 Å². The van der Waals surface area contributed by atoms with E-state index in [2.05, 4.69) is 53.6 Å². The number of rotatable bonds is 2. The van der Waals surface area contributed by atoms with E-state index >= 15 is 0 Å². The topological polar surface area (TPSA) is 9.23 Å². The van der Waals surface area contributed by atoms with E-state index in [4.69, 9.17) is 10.8 Å². The van der Waals surface area contributed by atoms with Gasteiger partial charge in [-0.2, -0.15) is 0 Å². The summed E-state index contributed by atoms with van der Waals surface area (Å²) in [6.07, 6.45) is 20.2. The largest absolute Gasteiger partial charge is 0.400 e. The summed E-state index contributed by atoms with van der Waals surface area (Å²) in [7, 11) is -1.92. The van der Waals surface area contributed by atoms with Crippen LogP contribution < -0.4 is 0 Å². The van der Waals surface area contributed by atoms with Crippen LogP contribution in [0.25, 0.3) is 0 Å². The second-order valence-corrected chi connectivity index (χ2v) is 18.0. The lowest BCUT2D eigenvalue weighted by molar-refractivity contribution is -0.131. The molecule has 0 heterocycles. The molecule has 164 valence electrons. The van der Waals surface area contributed by atoms with Gasteiger partial charge in [0.25, 0.3) is 0 Å². The Kier molecular flexibility index (Phi) is 5.20. The second-order valence-electron chi connectivity index (χ2n) is 13.2.